The molecule has 1 aromatic rings. The predicted molar refractivity (Wildman–Crippen MR) is 74.5 cm³/mol. The van der Waals surface area contributed by atoms with Crippen LogP contribution in [0.4, 0.5) is 10.1 Å². The molecule has 0 saturated heterocycles. The minimum atomic E-state index is -0.840. The quantitative estimate of drug-likeness (QED) is 0.800. The van der Waals surface area contributed by atoms with Crippen molar-refractivity contribution in [3.05, 3.63) is 30.1 Å². The molecule has 19 heavy (non-hydrogen) atoms. The molecule has 0 spiro atoms. The van der Waals surface area contributed by atoms with Crippen LogP contribution >= 0.6 is 0 Å². The van der Waals surface area contributed by atoms with Crippen LogP contribution < -0.4 is 5.32 Å². The number of ether oxygens (including phenoxy) is 1. The van der Waals surface area contributed by atoms with Crippen LogP contribution in [-0.2, 0) is 9.53 Å². The summed E-state index contributed by atoms with van der Waals surface area (Å²) in [6.45, 7) is 5.98. The average molecular weight is 267 g/mol. The number of esters is 1. The third kappa shape index (κ3) is 4.54. The van der Waals surface area contributed by atoms with E-state index in [0.29, 0.717) is 18.0 Å². The van der Waals surface area contributed by atoms with Crippen LogP contribution in [-0.4, -0.2) is 18.6 Å². The van der Waals surface area contributed by atoms with Gasteiger partial charge >= 0.3 is 5.97 Å². The number of hydrogen-bond donors (Lipinski definition) is 1. The lowest BCUT2D eigenvalue weighted by Crippen LogP contribution is -2.44. The van der Waals surface area contributed by atoms with Crippen molar-refractivity contribution in [2.24, 2.45) is 5.92 Å². The van der Waals surface area contributed by atoms with E-state index in [9.17, 15) is 9.18 Å². The Morgan fingerprint density at radius 3 is 2.68 bits per heavy atom. The van der Waals surface area contributed by atoms with Gasteiger partial charge in [-0.25, -0.2) is 9.18 Å². The molecule has 1 rings (SSSR count). The van der Waals surface area contributed by atoms with Gasteiger partial charge in [-0.05, 0) is 43.9 Å². The highest BCUT2D eigenvalue weighted by Crippen LogP contribution is 2.24. The maximum atomic E-state index is 13.2. The zero-order chi connectivity index (χ0) is 14.5. The Balaban J connectivity index is 2.87. The second kappa shape index (κ2) is 6.55. The van der Waals surface area contributed by atoms with Gasteiger partial charge in [-0.15, -0.1) is 0 Å². The Bertz CT molecular complexity index is 434. The Hall–Kier alpha value is -1.58. The van der Waals surface area contributed by atoms with Gasteiger partial charge < -0.3 is 10.1 Å². The number of anilines is 1. The summed E-state index contributed by atoms with van der Waals surface area (Å²) in [5, 5.41) is 3.09. The van der Waals surface area contributed by atoms with E-state index >= 15 is 0 Å². The van der Waals surface area contributed by atoms with E-state index in [4.69, 9.17) is 4.74 Å². The molecule has 0 amide bonds. The van der Waals surface area contributed by atoms with Crippen molar-refractivity contribution in [2.75, 3.05) is 12.4 Å². The first-order valence-corrected chi connectivity index (χ1v) is 6.49. The number of rotatable bonds is 6. The zero-order valence-electron chi connectivity index (χ0n) is 12.0. The van der Waals surface area contributed by atoms with E-state index in [2.05, 4.69) is 19.2 Å². The minimum absolute atomic E-state index is 0.332. The first kappa shape index (κ1) is 15.5. The number of carbonyl (C=O) groups is 1. The van der Waals surface area contributed by atoms with E-state index in [1.807, 2.05) is 0 Å². The standard InChI is InChI=1S/C15H22FNO2/c1-11(2)8-9-15(3,14(18)19-4)17-13-7-5-6-12(16)10-13/h5-7,10-11,17H,8-9H2,1-4H3. The molecule has 0 bridgehead atoms. The zero-order valence-corrected chi connectivity index (χ0v) is 12.0. The van der Waals surface area contributed by atoms with Crippen molar-refractivity contribution in [3.8, 4) is 0 Å². The van der Waals surface area contributed by atoms with Crippen molar-refractivity contribution >= 4 is 11.7 Å². The molecule has 1 unspecified atom stereocenters. The fourth-order valence-corrected chi connectivity index (χ4v) is 1.90. The topological polar surface area (TPSA) is 38.3 Å². The molecule has 1 aromatic carbocycles. The Morgan fingerprint density at radius 1 is 1.47 bits per heavy atom. The largest absolute Gasteiger partial charge is 0.467 e. The lowest BCUT2D eigenvalue weighted by molar-refractivity contribution is -0.145. The second-order valence-electron chi connectivity index (χ2n) is 5.39. The van der Waals surface area contributed by atoms with Gasteiger partial charge in [-0.3, -0.25) is 0 Å². The molecular formula is C15H22FNO2. The molecule has 0 radical (unpaired) electrons. The molecule has 4 heteroatoms. The van der Waals surface area contributed by atoms with Gasteiger partial charge in [0.2, 0.25) is 0 Å². The third-order valence-corrected chi connectivity index (χ3v) is 3.10. The minimum Gasteiger partial charge on any atom is -0.467 e. The predicted octanol–water partition coefficient (Wildman–Crippen LogP) is 3.61. The average Bonchev–Trinajstić information content (AvgIpc) is 2.35. The van der Waals surface area contributed by atoms with Crippen LogP contribution in [0.5, 0.6) is 0 Å². The number of carbonyl (C=O) groups excluding carboxylic acids is 1. The van der Waals surface area contributed by atoms with Crippen LogP contribution in [0, 0.1) is 11.7 Å². The summed E-state index contributed by atoms with van der Waals surface area (Å²) in [6.07, 6.45) is 1.52. The summed E-state index contributed by atoms with van der Waals surface area (Å²) < 4.78 is 18.0. The van der Waals surface area contributed by atoms with Crippen molar-refractivity contribution in [3.63, 3.8) is 0 Å². The van der Waals surface area contributed by atoms with E-state index in [0.717, 1.165) is 6.42 Å². The molecule has 0 saturated carbocycles. The third-order valence-electron chi connectivity index (χ3n) is 3.10. The fourth-order valence-electron chi connectivity index (χ4n) is 1.90. The van der Waals surface area contributed by atoms with Crippen molar-refractivity contribution in [2.45, 2.75) is 39.2 Å². The second-order valence-corrected chi connectivity index (χ2v) is 5.39. The molecule has 1 N–H and O–H groups in total. The van der Waals surface area contributed by atoms with E-state index in [1.165, 1.54) is 19.2 Å². The van der Waals surface area contributed by atoms with Crippen molar-refractivity contribution in [1.82, 2.24) is 0 Å². The molecule has 1 atom stereocenters. The van der Waals surface area contributed by atoms with Gasteiger partial charge in [-0.2, -0.15) is 0 Å². The smallest absolute Gasteiger partial charge is 0.331 e. The van der Waals surface area contributed by atoms with Crippen LogP contribution in [0.3, 0.4) is 0 Å². The lowest BCUT2D eigenvalue weighted by Gasteiger charge is -2.29. The fraction of sp³-hybridized carbons (Fsp3) is 0.533. The number of nitrogens with one attached hydrogen (secondary N) is 1. The van der Waals surface area contributed by atoms with Crippen LogP contribution in [0.1, 0.15) is 33.6 Å². The van der Waals surface area contributed by atoms with E-state index < -0.39 is 5.54 Å². The molecule has 0 heterocycles. The Labute approximate surface area is 114 Å². The van der Waals surface area contributed by atoms with E-state index in [1.54, 1.807) is 19.1 Å². The molecule has 3 nitrogen and oxygen atoms in total. The highest BCUT2D eigenvalue weighted by atomic mass is 19.1. The maximum Gasteiger partial charge on any atom is 0.331 e. The highest BCUT2D eigenvalue weighted by molar-refractivity contribution is 5.83. The van der Waals surface area contributed by atoms with Crippen LogP contribution in [0.25, 0.3) is 0 Å². The monoisotopic (exact) mass is 267 g/mol. The van der Waals surface area contributed by atoms with Gasteiger partial charge in [-0.1, -0.05) is 19.9 Å². The number of halogens is 1. The molecule has 0 aliphatic carbocycles. The summed E-state index contributed by atoms with van der Waals surface area (Å²) in [5.41, 5.74) is -0.260. The normalized spacial score (nSPS) is 14.0. The summed E-state index contributed by atoms with van der Waals surface area (Å²) in [5.74, 6) is -0.184. The molecule has 0 fully saturated rings. The van der Waals surface area contributed by atoms with Gasteiger partial charge in [0, 0.05) is 5.69 Å². The summed E-state index contributed by atoms with van der Waals surface area (Å²) >= 11 is 0. The van der Waals surface area contributed by atoms with Crippen molar-refractivity contribution in [1.29, 1.82) is 0 Å². The maximum absolute atomic E-state index is 13.2. The Kier molecular flexibility index (Phi) is 5.33. The van der Waals surface area contributed by atoms with Gasteiger partial charge in [0.1, 0.15) is 11.4 Å². The van der Waals surface area contributed by atoms with Gasteiger partial charge in [0.25, 0.3) is 0 Å². The highest BCUT2D eigenvalue weighted by Gasteiger charge is 2.34. The van der Waals surface area contributed by atoms with Crippen molar-refractivity contribution < 1.29 is 13.9 Å². The van der Waals surface area contributed by atoms with Crippen LogP contribution in [0.15, 0.2) is 24.3 Å². The lowest BCUT2D eigenvalue weighted by atomic mass is 9.91. The summed E-state index contributed by atoms with van der Waals surface area (Å²) in [4.78, 5) is 12.0. The first-order chi connectivity index (χ1) is 8.87. The summed E-state index contributed by atoms with van der Waals surface area (Å²) in [7, 11) is 1.36. The molecule has 106 valence electrons. The molecule has 0 aromatic heterocycles. The first-order valence-electron chi connectivity index (χ1n) is 6.49. The Morgan fingerprint density at radius 2 is 2.16 bits per heavy atom. The van der Waals surface area contributed by atoms with E-state index in [-0.39, 0.29) is 11.8 Å². The number of benzene rings is 1. The van der Waals surface area contributed by atoms with Gasteiger partial charge in [0.05, 0.1) is 7.11 Å². The molecular weight excluding hydrogens is 245 g/mol. The van der Waals surface area contributed by atoms with Crippen LogP contribution in [0.2, 0.25) is 0 Å². The molecule has 0 aliphatic rings. The molecule has 0 aliphatic heterocycles. The summed E-state index contributed by atoms with van der Waals surface area (Å²) in [6, 6.07) is 6.09. The van der Waals surface area contributed by atoms with Gasteiger partial charge in [0.15, 0.2) is 0 Å². The SMILES string of the molecule is COC(=O)C(C)(CCC(C)C)Nc1cccc(F)c1. The number of methoxy groups -OCH3 is 1. The number of hydrogen-bond acceptors (Lipinski definition) is 3.